The summed E-state index contributed by atoms with van der Waals surface area (Å²) < 4.78 is 0. The van der Waals surface area contributed by atoms with E-state index in [1.807, 2.05) is 0 Å². The number of carbonyl (C=O) groups is 1. The number of nitrogens with one attached hydrogen (secondary N) is 2. The molecule has 2 N–H and O–H groups in total. The van der Waals surface area contributed by atoms with Crippen LogP contribution in [0.2, 0.25) is 0 Å². The van der Waals surface area contributed by atoms with Crippen LogP contribution in [0.15, 0.2) is 0 Å². The molecule has 0 fully saturated rings. The van der Waals surface area contributed by atoms with Crippen LogP contribution in [0.1, 0.15) is 13.3 Å². The van der Waals surface area contributed by atoms with Crippen LogP contribution in [0.25, 0.3) is 0 Å². The molecule has 8 heavy (non-hydrogen) atoms. The quantitative estimate of drug-likeness (QED) is 0.494. The molecule has 0 atom stereocenters. The van der Waals surface area contributed by atoms with Crippen molar-refractivity contribution in [1.29, 1.82) is 0 Å². The molecule has 48 valence electrons. The van der Waals surface area contributed by atoms with E-state index in [0.717, 1.165) is 0 Å². The number of carbonyl (C=O) groups excluding carboxylic acids is 1. The van der Waals surface area contributed by atoms with E-state index >= 15 is 0 Å². The third-order valence-electron chi connectivity index (χ3n) is 0.556. The molecule has 0 aliphatic heterocycles. The van der Waals surface area contributed by atoms with Crippen LogP contribution in [0.4, 0.5) is 0 Å². The SMILES string of the molecule is CCC(=O)ONNC. The van der Waals surface area contributed by atoms with Crippen LogP contribution in [-0.2, 0) is 9.63 Å². The van der Waals surface area contributed by atoms with Crippen LogP contribution in [0.5, 0.6) is 0 Å². The Hall–Kier alpha value is -0.610. The van der Waals surface area contributed by atoms with Gasteiger partial charge in [-0.05, 0) is 0 Å². The highest BCUT2D eigenvalue weighted by Gasteiger charge is 1.93. The third-order valence-corrected chi connectivity index (χ3v) is 0.556. The number of hydrazine groups is 1. The summed E-state index contributed by atoms with van der Waals surface area (Å²) in [7, 11) is 1.61. The van der Waals surface area contributed by atoms with Crippen molar-refractivity contribution in [2.45, 2.75) is 13.3 Å². The molecule has 0 heterocycles. The first-order chi connectivity index (χ1) is 3.81. The topological polar surface area (TPSA) is 50.4 Å². The molecule has 0 radical (unpaired) electrons. The van der Waals surface area contributed by atoms with E-state index in [1.165, 1.54) is 0 Å². The first-order valence-electron chi connectivity index (χ1n) is 2.42. The van der Waals surface area contributed by atoms with Gasteiger partial charge in [0, 0.05) is 13.5 Å². The largest absolute Gasteiger partial charge is 0.356 e. The van der Waals surface area contributed by atoms with Gasteiger partial charge < -0.3 is 4.84 Å². The normalized spacial score (nSPS) is 8.75. The predicted molar refractivity (Wildman–Crippen MR) is 28.6 cm³/mol. The van der Waals surface area contributed by atoms with Crippen molar-refractivity contribution in [3.8, 4) is 0 Å². The van der Waals surface area contributed by atoms with Crippen LogP contribution in [0.3, 0.4) is 0 Å². The zero-order chi connectivity index (χ0) is 6.41. The average Bonchev–Trinajstić information content (AvgIpc) is 1.83. The molecule has 0 spiro atoms. The van der Waals surface area contributed by atoms with Gasteiger partial charge in [-0.1, -0.05) is 12.5 Å². The molecule has 4 nitrogen and oxygen atoms in total. The van der Waals surface area contributed by atoms with Crippen molar-refractivity contribution in [2.24, 2.45) is 0 Å². The van der Waals surface area contributed by atoms with Gasteiger partial charge in [0.15, 0.2) is 0 Å². The van der Waals surface area contributed by atoms with Crippen LogP contribution in [0, 0.1) is 0 Å². The Morgan fingerprint density at radius 3 is 2.75 bits per heavy atom. The maximum absolute atomic E-state index is 10.2. The van der Waals surface area contributed by atoms with Gasteiger partial charge in [-0.15, -0.1) is 0 Å². The summed E-state index contributed by atoms with van der Waals surface area (Å²) in [6.45, 7) is 1.72. The molecule has 0 unspecified atom stereocenters. The van der Waals surface area contributed by atoms with Crippen LogP contribution >= 0.6 is 0 Å². The molecule has 0 amide bonds. The molecule has 0 aliphatic rings. The average molecular weight is 118 g/mol. The lowest BCUT2D eigenvalue weighted by Gasteiger charge is -1.99. The van der Waals surface area contributed by atoms with E-state index < -0.39 is 0 Å². The Morgan fingerprint density at radius 2 is 2.38 bits per heavy atom. The molecule has 0 aliphatic carbocycles. The van der Waals surface area contributed by atoms with Gasteiger partial charge in [-0.3, -0.25) is 4.79 Å². The molecule has 0 saturated heterocycles. The number of rotatable bonds is 3. The Balaban J connectivity index is 2.99. The maximum Gasteiger partial charge on any atom is 0.326 e. The summed E-state index contributed by atoms with van der Waals surface area (Å²) in [4.78, 5) is 14.6. The van der Waals surface area contributed by atoms with E-state index in [1.54, 1.807) is 14.0 Å². The van der Waals surface area contributed by atoms with Gasteiger partial charge in [0.05, 0.1) is 0 Å². The zero-order valence-electron chi connectivity index (χ0n) is 5.02. The molecule has 0 bridgehead atoms. The maximum atomic E-state index is 10.2. The highest BCUT2D eigenvalue weighted by Crippen LogP contribution is 1.76. The third kappa shape index (κ3) is 3.58. The van der Waals surface area contributed by atoms with E-state index in [2.05, 4.69) is 15.9 Å². The zero-order valence-corrected chi connectivity index (χ0v) is 5.02. The van der Waals surface area contributed by atoms with E-state index in [-0.39, 0.29) is 5.97 Å². The standard InChI is InChI=1S/C4H10N2O2/c1-3-4(7)8-6-5-2/h5-6H,3H2,1-2H3. The van der Waals surface area contributed by atoms with E-state index in [4.69, 9.17) is 0 Å². The highest BCUT2D eigenvalue weighted by atomic mass is 16.7. The van der Waals surface area contributed by atoms with Crippen LogP contribution in [-0.4, -0.2) is 13.0 Å². The Bertz CT molecular complexity index is 74.4. The molecule has 0 rings (SSSR count). The fourth-order valence-electron chi connectivity index (χ4n) is 0.180. The predicted octanol–water partition coefficient (Wildman–Crippen LogP) is -0.421. The minimum atomic E-state index is -0.278. The summed E-state index contributed by atoms with van der Waals surface area (Å²) in [5.74, 6) is -0.278. The summed E-state index contributed by atoms with van der Waals surface area (Å²) in [6, 6.07) is 0. The summed E-state index contributed by atoms with van der Waals surface area (Å²) in [6.07, 6.45) is 0.384. The second-order valence-electron chi connectivity index (χ2n) is 1.18. The van der Waals surface area contributed by atoms with Gasteiger partial charge in [0.2, 0.25) is 0 Å². The Labute approximate surface area is 48.1 Å². The minimum Gasteiger partial charge on any atom is -0.356 e. The fourth-order valence-corrected chi connectivity index (χ4v) is 0.180. The summed E-state index contributed by atoms with van der Waals surface area (Å²) in [5, 5.41) is 0. The molecular weight excluding hydrogens is 108 g/mol. The second-order valence-corrected chi connectivity index (χ2v) is 1.18. The van der Waals surface area contributed by atoms with E-state index in [0.29, 0.717) is 6.42 Å². The van der Waals surface area contributed by atoms with E-state index in [9.17, 15) is 4.79 Å². The molecule has 4 heteroatoms. The minimum absolute atomic E-state index is 0.278. The number of hydrogen-bond donors (Lipinski definition) is 2. The van der Waals surface area contributed by atoms with Crippen molar-refractivity contribution < 1.29 is 9.63 Å². The monoisotopic (exact) mass is 118 g/mol. The van der Waals surface area contributed by atoms with Gasteiger partial charge in [0.1, 0.15) is 0 Å². The molecule has 0 aromatic carbocycles. The van der Waals surface area contributed by atoms with Crippen molar-refractivity contribution >= 4 is 5.97 Å². The Kier molecular flexibility index (Phi) is 4.20. The fraction of sp³-hybridized carbons (Fsp3) is 0.750. The van der Waals surface area contributed by atoms with Crippen LogP contribution < -0.4 is 11.0 Å². The van der Waals surface area contributed by atoms with Gasteiger partial charge in [-0.2, -0.15) is 0 Å². The first kappa shape index (κ1) is 7.39. The lowest BCUT2D eigenvalue weighted by molar-refractivity contribution is -0.152. The molecular formula is C4H10N2O2. The van der Waals surface area contributed by atoms with Crippen molar-refractivity contribution in [3.63, 3.8) is 0 Å². The van der Waals surface area contributed by atoms with Crippen molar-refractivity contribution in [2.75, 3.05) is 7.05 Å². The lowest BCUT2D eigenvalue weighted by Crippen LogP contribution is -2.30. The molecule has 0 aromatic heterocycles. The number of hydrogen-bond acceptors (Lipinski definition) is 4. The first-order valence-corrected chi connectivity index (χ1v) is 2.42. The molecule has 0 aromatic rings. The second kappa shape index (κ2) is 4.55. The van der Waals surface area contributed by atoms with Crippen molar-refractivity contribution in [3.05, 3.63) is 0 Å². The highest BCUT2D eigenvalue weighted by molar-refractivity contribution is 5.68. The Morgan fingerprint density at radius 1 is 1.75 bits per heavy atom. The van der Waals surface area contributed by atoms with Gasteiger partial charge in [0.25, 0.3) is 0 Å². The summed E-state index contributed by atoms with van der Waals surface area (Å²) >= 11 is 0. The smallest absolute Gasteiger partial charge is 0.326 e. The van der Waals surface area contributed by atoms with Gasteiger partial charge >= 0.3 is 5.97 Å². The summed E-state index contributed by atoms with van der Waals surface area (Å²) in [5.41, 5.74) is 4.64. The lowest BCUT2D eigenvalue weighted by atomic mass is 10.5. The van der Waals surface area contributed by atoms with Gasteiger partial charge in [-0.25, -0.2) is 5.43 Å². The van der Waals surface area contributed by atoms with Crippen molar-refractivity contribution in [1.82, 2.24) is 11.0 Å². The molecule has 0 saturated carbocycles.